The lowest BCUT2D eigenvalue weighted by atomic mass is 10.2. The lowest BCUT2D eigenvalue weighted by molar-refractivity contribution is 0.415. The number of hydrogen-bond acceptors (Lipinski definition) is 5. The molecule has 2 aromatic rings. The number of aromatic nitrogens is 3. The molecule has 0 radical (unpaired) electrons. The van der Waals surface area contributed by atoms with Crippen LogP contribution in [-0.4, -0.2) is 22.2 Å². The molecule has 0 amide bonds. The predicted molar refractivity (Wildman–Crippen MR) is 69.1 cm³/mol. The van der Waals surface area contributed by atoms with Crippen LogP contribution in [-0.2, 0) is 0 Å². The summed E-state index contributed by atoms with van der Waals surface area (Å²) in [5, 5.41) is 11.3. The van der Waals surface area contributed by atoms with Crippen LogP contribution in [0.3, 0.4) is 0 Å². The van der Waals surface area contributed by atoms with E-state index >= 15 is 0 Å². The van der Waals surface area contributed by atoms with E-state index in [1.807, 2.05) is 33.0 Å². The van der Waals surface area contributed by atoms with Gasteiger partial charge in [0.15, 0.2) is 0 Å². The molecule has 0 aliphatic rings. The molecule has 1 unspecified atom stereocenters. The van der Waals surface area contributed by atoms with Crippen LogP contribution in [0.2, 0.25) is 0 Å². The van der Waals surface area contributed by atoms with Gasteiger partial charge < -0.3 is 9.73 Å². The minimum Gasteiger partial charge on any atom is -0.419 e. The van der Waals surface area contributed by atoms with E-state index in [2.05, 4.69) is 27.4 Å². The maximum atomic E-state index is 5.71. The molecule has 0 bridgehead atoms. The SMILES string of the molecule is CCC(NC)c1nnc(-c2ccc(C)nc2C)o1. The zero-order chi connectivity index (χ0) is 13.1. The second-order valence-corrected chi connectivity index (χ2v) is 4.28. The maximum Gasteiger partial charge on any atom is 0.249 e. The summed E-state index contributed by atoms with van der Waals surface area (Å²) in [5.41, 5.74) is 2.78. The van der Waals surface area contributed by atoms with Crippen LogP contribution in [0.1, 0.15) is 36.7 Å². The highest BCUT2D eigenvalue weighted by Gasteiger charge is 2.17. The Hall–Kier alpha value is -1.75. The normalized spacial score (nSPS) is 12.7. The van der Waals surface area contributed by atoms with Gasteiger partial charge in [-0.05, 0) is 39.4 Å². The minimum atomic E-state index is 0.102. The van der Waals surface area contributed by atoms with Gasteiger partial charge in [0.25, 0.3) is 0 Å². The highest BCUT2D eigenvalue weighted by atomic mass is 16.4. The van der Waals surface area contributed by atoms with Crippen LogP contribution in [0.4, 0.5) is 0 Å². The van der Waals surface area contributed by atoms with E-state index in [1.165, 1.54) is 0 Å². The van der Waals surface area contributed by atoms with Crippen LogP contribution >= 0.6 is 0 Å². The molecule has 2 rings (SSSR count). The van der Waals surface area contributed by atoms with Gasteiger partial charge in [-0.1, -0.05) is 6.92 Å². The first-order valence-electron chi connectivity index (χ1n) is 6.11. The van der Waals surface area contributed by atoms with E-state index in [1.54, 1.807) is 0 Å². The van der Waals surface area contributed by atoms with Crippen molar-refractivity contribution in [2.45, 2.75) is 33.2 Å². The average molecular weight is 246 g/mol. The highest BCUT2D eigenvalue weighted by molar-refractivity contribution is 5.55. The van der Waals surface area contributed by atoms with E-state index in [0.29, 0.717) is 11.8 Å². The van der Waals surface area contributed by atoms with Gasteiger partial charge in [-0.2, -0.15) is 0 Å². The van der Waals surface area contributed by atoms with Crippen LogP contribution in [0, 0.1) is 13.8 Å². The van der Waals surface area contributed by atoms with Gasteiger partial charge >= 0.3 is 0 Å². The molecule has 1 N–H and O–H groups in total. The third-order valence-electron chi connectivity index (χ3n) is 2.95. The Kier molecular flexibility index (Phi) is 3.72. The summed E-state index contributed by atoms with van der Waals surface area (Å²) in [6, 6.07) is 4.02. The molecule has 0 spiro atoms. The molecule has 0 aromatic carbocycles. The molecule has 5 nitrogen and oxygen atoms in total. The number of hydrogen-bond donors (Lipinski definition) is 1. The molecule has 0 saturated carbocycles. The summed E-state index contributed by atoms with van der Waals surface area (Å²) in [5.74, 6) is 1.15. The van der Waals surface area contributed by atoms with Gasteiger partial charge in [-0.3, -0.25) is 4.98 Å². The summed E-state index contributed by atoms with van der Waals surface area (Å²) < 4.78 is 5.71. The first-order valence-corrected chi connectivity index (χ1v) is 6.11. The summed E-state index contributed by atoms with van der Waals surface area (Å²) >= 11 is 0. The van der Waals surface area contributed by atoms with E-state index in [4.69, 9.17) is 4.42 Å². The smallest absolute Gasteiger partial charge is 0.249 e. The summed E-state index contributed by atoms with van der Waals surface area (Å²) in [4.78, 5) is 4.40. The van der Waals surface area contributed by atoms with Crippen LogP contribution < -0.4 is 5.32 Å². The van der Waals surface area contributed by atoms with Crippen molar-refractivity contribution in [1.29, 1.82) is 0 Å². The first-order chi connectivity index (χ1) is 8.65. The number of nitrogens with zero attached hydrogens (tertiary/aromatic N) is 3. The molecule has 18 heavy (non-hydrogen) atoms. The van der Waals surface area contributed by atoms with Gasteiger partial charge in [-0.15, -0.1) is 10.2 Å². The van der Waals surface area contributed by atoms with Crippen molar-refractivity contribution in [2.24, 2.45) is 0 Å². The van der Waals surface area contributed by atoms with Crippen LogP contribution in [0.25, 0.3) is 11.5 Å². The van der Waals surface area contributed by atoms with E-state index in [9.17, 15) is 0 Å². The average Bonchev–Trinajstić information content (AvgIpc) is 2.80. The second kappa shape index (κ2) is 5.27. The fourth-order valence-corrected chi connectivity index (χ4v) is 1.90. The second-order valence-electron chi connectivity index (χ2n) is 4.28. The number of rotatable bonds is 4. The molecular weight excluding hydrogens is 228 g/mol. The van der Waals surface area contributed by atoms with Gasteiger partial charge in [0.2, 0.25) is 11.8 Å². The van der Waals surface area contributed by atoms with Crippen molar-refractivity contribution in [3.8, 4) is 11.5 Å². The monoisotopic (exact) mass is 246 g/mol. The van der Waals surface area contributed by atoms with Gasteiger partial charge in [0.1, 0.15) is 0 Å². The molecule has 0 saturated heterocycles. The molecule has 2 aromatic heterocycles. The van der Waals surface area contributed by atoms with E-state index in [0.717, 1.165) is 23.4 Å². The van der Waals surface area contributed by atoms with Crippen molar-refractivity contribution >= 4 is 0 Å². The van der Waals surface area contributed by atoms with Crippen molar-refractivity contribution in [3.05, 3.63) is 29.4 Å². The third-order valence-corrected chi connectivity index (χ3v) is 2.95. The molecule has 96 valence electrons. The van der Waals surface area contributed by atoms with Gasteiger partial charge in [-0.25, -0.2) is 0 Å². The predicted octanol–water partition coefficient (Wildman–Crippen LogP) is 2.42. The first kappa shape index (κ1) is 12.7. The highest BCUT2D eigenvalue weighted by Crippen LogP contribution is 2.23. The molecule has 5 heteroatoms. The van der Waals surface area contributed by atoms with Crippen LogP contribution in [0.5, 0.6) is 0 Å². The molecule has 2 heterocycles. The Bertz CT molecular complexity index is 532. The Balaban J connectivity index is 2.34. The lowest BCUT2D eigenvalue weighted by Crippen LogP contribution is -2.15. The number of aryl methyl sites for hydroxylation is 2. The number of pyridine rings is 1. The van der Waals surface area contributed by atoms with Crippen molar-refractivity contribution < 1.29 is 4.42 Å². The Morgan fingerprint density at radius 2 is 2.06 bits per heavy atom. The fourth-order valence-electron chi connectivity index (χ4n) is 1.90. The van der Waals surface area contributed by atoms with Gasteiger partial charge in [0.05, 0.1) is 17.3 Å². The molecule has 1 atom stereocenters. The molecule has 0 aliphatic heterocycles. The van der Waals surface area contributed by atoms with E-state index < -0.39 is 0 Å². The third kappa shape index (κ3) is 2.41. The maximum absolute atomic E-state index is 5.71. The largest absolute Gasteiger partial charge is 0.419 e. The van der Waals surface area contributed by atoms with Crippen molar-refractivity contribution in [2.75, 3.05) is 7.05 Å². The molecule has 0 fully saturated rings. The standard InChI is InChI=1S/C13H18N4O/c1-5-11(14-4)13-17-16-12(18-13)10-7-6-8(2)15-9(10)3/h6-7,11,14H,5H2,1-4H3. The Labute approximate surface area is 107 Å². The molecule has 0 aliphatic carbocycles. The van der Waals surface area contributed by atoms with Crippen molar-refractivity contribution in [3.63, 3.8) is 0 Å². The zero-order valence-corrected chi connectivity index (χ0v) is 11.2. The molecular formula is C13H18N4O. The fraction of sp³-hybridized carbons (Fsp3) is 0.462. The van der Waals surface area contributed by atoms with Crippen molar-refractivity contribution in [1.82, 2.24) is 20.5 Å². The van der Waals surface area contributed by atoms with E-state index in [-0.39, 0.29) is 6.04 Å². The topological polar surface area (TPSA) is 63.8 Å². The quantitative estimate of drug-likeness (QED) is 0.897. The van der Waals surface area contributed by atoms with Crippen LogP contribution in [0.15, 0.2) is 16.5 Å². The lowest BCUT2D eigenvalue weighted by Gasteiger charge is -2.07. The minimum absolute atomic E-state index is 0.102. The summed E-state index contributed by atoms with van der Waals surface area (Å²) in [6.45, 7) is 5.98. The Morgan fingerprint density at radius 1 is 1.28 bits per heavy atom. The zero-order valence-electron chi connectivity index (χ0n) is 11.2. The summed E-state index contributed by atoms with van der Waals surface area (Å²) in [7, 11) is 1.89. The summed E-state index contributed by atoms with van der Waals surface area (Å²) in [6.07, 6.45) is 0.906. The Morgan fingerprint density at radius 3 is 2.67 bits per heavy atom. The van der Waals surface area contributed by atoms with Gasteiger partial charge in [0, 0.05) is 5.69 Å². The number of nitrogens with one attached hydrogen (secondary N) is 1.